The van der Waals surface area contributed by atoms with Crippen LogP contribution in [0.2, 0.25) is 0 Å². The van der Waals surface area contributed by atoms with Crippen LogP contribution in [-0.2, 0) is 0 Å². The Morgan fingerprint density at radius 2 is 1.64 bits per heavy atom. The van der Waals surface area contributed by atoms with Crippen LogP contribution in [0.15, 0.2) is 47.6 Å². The van der Waals surface area contributed by atoms with Crippen molar-refractivity contribution in [1.82, 2.24) is 5.43 Å². The van der Waals surface area contributed by atoms with Gasteiger partial charge >= 0.3 is 0 Å². The van der Waals surface area contributed by atoms with Crippen LogP contribution in [0, 0.1) is 31.6 Å². The van der Waals surface area contributed by atoms with Crippen LogP contribution in [0.3, 0.4) is 0 Å². The van der Waals surface area contributed by atoms with Gasteiger partial charge in [-0.1, -0.05) is 12.1 Å². The summed E-state index contributed by atoms with van der Waals surface area (Å²) < 4.78 is 0. The van der Waals surface area contributed by atoms with Crippen LogP contribution in [-0.4, -0.2) is 22.0 Å². The molecular formula is C15H9N5O5. The van der Waals surface area contributed by atoms with Crippen molar-refractivity contribution in [3.63, 3.8) is 0 Å². The van der Waals surface area contributed by atoms with E-state index >= 15 is 0 Å². The zero-order valence-electron chi connectivity index (χ0n) is 12.4. The molecule has 0 unspecified atom stereocenters. The number of hydrazone groups is 1. The number of benzene rings is 2. The van der Waals surface area contributed by atoms with Crippen LogP contribution in [0.25, 0.3) is 0 Å². The van der Waals surface area contributed by atoms with Crippen molar-refractivity contribution in [2.75, 3.05) is 0 Å². The minimum Gasteiger partial charge on any atom is -0.267 e. The molecule has 0 bridgehead atoms. The molecule has 1 N–H and O–H groups in total. The van der Waals surface area contributed by atoms with Gasteiger partial charge in [0.2, 0.25) is 0 Å². The molecule has 25 heavy (non-hydrogen) atoms. The highest BCUT2D eigenvalue weighted by Crippen LogP contribution is 2.22. The highest BCUT2D eigenvalue weighted by molar-refractivity contribution is 5.96. The van der Waals surface area contributed by atoms with Gasteiger partial charge < -0.3 is 0 Å². The Kier molecular flexibility index (Phi) is 5.12. The van der Waals surface area contributed by atoms with Crippen molar-refractivity contribution in [2.24, 2.45) is 5.10 Å². The Balaban J connectivity index is 2.17. The smallest absolute Gasteiger partial charge is 0.267 e. The quantitative estimate of drug-likeness (QED) is 0.500. The van der Waals surface area contributed by atoms with Gasteiger partial charge in [-0.15, -0.1) is 0 Å². The number of rotatable bonds is 5. The fourth-order valence-electron chi connectivity index (χ4n) is 1.81. The van der Waals surface area contributed by atoms with Crippen LogP contribution >= 0.6 is 0 Å². The molecule has 0 heterocycles. The van der Waals surface area contributed by atoms with Crippen LogP contribution in [0.5, 0.6) is 0 Å². The molecule has 1 amide bonds. The number of amides is 1. The average molecular weight is 339 g/mol. The van der Waals surface area contributed by atoms with Crippen molar-refractivity contribution in [2.45, 2.75) is 0 Å². The Morgan fingerprint density at radius 3 is 2.12 bits per heavy atom. The van der Waals surface area contributed by atoms with Gasteiger partial charge in [0.1, 0.15) is 0 Å². The average Bonchev–Trinajstić information content (AvgIpc) is 2.61. The van der Waals surface area contributed by atoms with Gasteiger partial charge in [-0.25, -0.2) is 5.43 Å². The molecule has 0 radical (unpaired) electrons. The normalized spacial score (nSPS) is 10.2. The van der Waals surface area contributed by atoms with E-state index in [1.54, 1.807) is 24.3 Å². The molecule has 0 saturated carbocycles. The number of nitro benzene ring substituents is 2. The number of carbonyl (C=O) groups is 1. The molecule has 2 rings (SSSR count). The Morgan fingerprint density at radius 1 is 1.08 bits per heavy atom. The third-order valence-electron chi connectivity index (χ3n) is 3.01. The highest BCUT2D eigenvalue weighted by atomic mass is 16.6. The molecule has 2 aromatic rings. The largest absolute Gasteiger partial charge is 0.277 e. The van der Waals surface area contributed by atoms with Crippen LogP contribution in [0.4, 0.5) is 11.4 Å². The van der Waals surface area contributed by atoms with Crippen molar-refractivity contribution in [3.8, 4) is 6.07 Å². The Hall–Kier alpha value is -4.13. The summed E-state index contributed by atoms with van der Waals surface area (Å²) in [6, 6.07) is 10.9. The van der Waals surface area contributed by atoms with E-state index in [0.29, 0.717) is 11.1 Å². The maximum atomic E-state index is 12.0. The molecule has 0 aliphatic carbocycles. The summed E-state index contributed by atoms with van der Waals surface area (Å²) in [6.45, 7) is 0. The lowest BCUT2D eigenvalue weighted by atomic mass is 10.1. The number of non-ortho nitro benzene ring substituents is 2. The molecule has 2 aromatic carbocycles. The first kappa shape index (κ1) is 17.2. The minimum absolute atomic E-state index is 0.266. The fourth-order valence-corrected chi connectivity index (χ4v) is 1.81. The first-order valence-electron chi connectivity index (χ1n) is 6.68. The molecule has 0 fully saturated rings. The van der Waals surface area contributed by atoms with Crippen molar-refractivity contribution >= 4 is 23.5 Å². The standard InChI is InChI=1S/C15H9N5O5/c16-8-10-1-3-11(4-2-10)9-17-18-15(21)12-5-13(19(22)23)7-14(6-12)20(24)25/h1-7,9H,(H,18,21)/b17-9+. The van der Waals surface area contributed by atoms with Crippen LogP contribution in [0.1, 0.15) is 21.5 Å². The van der Waals surface area contributed by atoms with Crippen LogP contribution < -0.4 is 5.43 Å². The molecular weight excluding hydrogens is 330 g/mol. The Labute approximate surface area is 140 Å². The third kappa shape index (κ3) is 4.42. The molecule has 0 atom stereocenters. The van der Waals surface area contributed by atoms with E-state index in [-0.39, 0.29) is 5.56 Å². The zero-order valence-corrected chi connectivity index (χ0v) is 12.4. The topological polar surface area (TPSA) is 152 Å². The highest BCUT2D eigenvalue weighted by Gasteiger charge is 2.19. The van der Waals surface area contributed by atoms with Gasteiger partial charge in [-0.2, -0.15) is 10.4 Å². The van der Waals surface area contributed by atoms with Gasteiger partial charge in [0.25, 0.3) is 17.3 Å². The summed E-state index contributed by atoms with van der Waals surface area (Å²) in [7, 11) is 0. The maximum Gasteiger partial charge on any atom is 0.277 e. The molecule has 0 aliphatic heterocycles. The van der Waals surface area contributed by atoms with E-state index in [9.17, 15) is 25.0 Å². The first-order chi connectivity index (χ1) is 11.9. The first-order valence-corrected chi connectivity index (χ1v) is 6.68. The Bertz CT molecular complexity index is 883. The molecule has 124 valence electrons. The third-order valence-corrected chi connectivity index (χ3v) is 3.01. The van der Waals surface area contributed by atoms with E-state index in [1.165, 1.54) is 6.21 Å². The molecule has 0 aliphatic rings. The van der Waals surface area contributed by atoms with E-state index in [0.717, 1.165) is 18.2 Å². The lowest BCUT2D eigenvalue weighted by Crippen LogP contribution is -2.18. The summed E-state index contributed by atoms with van der Waals surface area (Å²) in [6.07, 6.45) is 1.30. The fraction of sp³-hybridized carbons (Fsp3) is 0. The summed E-state index contributed by atoms with van der Waals surface area (Å²) in [5.41, 5.74) is 1.78. The molecule has 0 spiro atoms. The summed E-state index contributed by atoms with van der Waals surface area (Å²) in [5, 5.41) is 34.0. The number of hydrogen-bond acceptors (Lipinski definition) is 7. The number of nitriles is 1. The van der Waals surface area contributed by atoms with E-state index in [4.69, 9.17) is 5.26 Å². The van der Waals surface area contributed by atoms with Crippen molar-refractivity contribution < 1.29 is 14.6 Å². The minimum atomic E-state index is -0.836. The van der Waals surface area contributed by atoms with Gasteiger partial charge in [-0.05, 0) is 17.7 Å². The SMILES string of the molecule is N#Cc1ccc(/C=N/NC(=O)c2cc([N+](=O)[O-])cc([N+](=O)[O-])c2)cc1. The molecule has 10 heteroatoms. The molecule has 0 saturated heterocycles. The number of nitro groups is 2. The predicted molar refractivity (Wildman–Crippen MR) is 86.0 cm³/mol. The van der Waals surface area contributed by atoms with Gasteiger partial charge in [-0.3, -0.25) is 25.0 Å². The monoisotopic (exact) mass is 339 g/mol. The van der Waals surface area contributed by atoms with Crippen molar-refractivity contribution in [3.05, 3.63) is 79.4 Å². The van der Waals surface area contributed by atoms with Crippen molar-refractivity contribution in [1.29, 1.82) is 5.26 Å². The lowest BCUT2D eigenvalue weighted by Gasteiger charge is -2.01. The molecule has 10 nitrogen and oxygen atoms in total. The summed E-state index contributed by atoms with van der Waals surface area (Å²) >= 11 is 0. The number of nitrogens with one attached hydrogen (secondary N) is 1. The number of hydrogen-bond donors (Lipinski definition) is 1. The predicted octanol–water partition coefficient (Wildman–Crippen LogP) is 2.14. The second-order valence-corrected chi connectivity index (χ2v) is 4.69. The van der Waals surface area contributed by atoms with Gasteiger partial charge in [0, 0.05) is 12.1 Å². The number of nitrogens with zero attached hydrogens (tertiary/aromatic N) is 4. The van der Waals surface area contributed by atoms with Gasteiger partial charge in [0.15, 0.2) is 0 Å². The zero-order chi connectivity index (χ0) is 18.4. The second-order valence-electron chi connectivity index (χ2n) is 4.69. The number of carbonyl (C=O) groups excluding carboxylic acids is 1. The summed E-state index contributed by atoms with van der Waals surface area (Å²) in [4.78, 5) is 31.9. The molecule has 0 aromatic heterocycles. The maximum absolute atomic E-state index is 12.0. The summed E-state index contributed by atoms with van der Waals surface area (Å²) in [5.74, 6) is -0.836. The lowest BCUT2D eigenvalue weighted by molar-refractivity contribution is -0.394. The van der Waals surface area contributed by atoms with E-state index in [2.05, 4.69) is 10.5 Å². The van der Waals surface area contributed by atoms with Gasteiger partial charge in [0.05, 0.1) is 39.3 Å². The van der Waals surface area contributed by atoms with E-state index < -0.39 is 27.1 Å². The second kappa shape index (κ2) is 7.42. The van der Waals surface area contributed by atoms with E-state index in [1.807, 2.05) is 6.07 Å².